The van der Waals surface area contributed by atoms with Gasteiger partial charge >= 0.3 is 0 Å². The van der Waals surface area contributed by atoms with Crippen LogP contribution in [0.3, 0.4) is 0 Å². The first-order valence-electron chi connectivity index (χ1n) is 7.67. The zero-order chi connectivity index (χ0) is 13.6. The Morgan fingerprint density at radius 1 is 1.40 bits per heavy atom. The van der Waals surface area contributed by atoms with E-state index in [1.807, 2.05) is 0 Å². The second-order valence-corrected chi connectivity index (χ2v) is 6.48. The van der Waals surface area contributed by atoms with Gasteiger partial charge in [-0.15, -0.1) is 0 Å². The number of hydrogen-bond acceptors (Lipinski definition) is 5. The Bertz CT molecular complexity index is 521. The summed E-state index contributed by atoms with van der Waals surface area (Å²) in [6, 6.07) is 0. The highest BCUT2D eigenvalue weighted by Crippen LogP contribution is 2.37. The lowest BCUT2D eigenvalue weighted by molar-refractivity contribution is 0.0546. The van der Waals surface area contributed by atoms with Crippen molar-refractivity contribution in [3.8, 4) is 0 Å². The third-order valence-electron chi connectivity index (χ3n) is 4.83. The second kappa shape index (κ2) is 4.67. The summed E-state index contributed by atoms with van der Waals surface area (Å²) in [6.45, 7) is 6.56. The molecule has 1 saturated carbocycles. The van der Waals surface area contributed by atoms with E-state index in [9.17, 15) is 0 Å². The van der Waals surface area contributed by atoms with Crippen LogP contribution >= 0.6 is 0 Å². The van der Waals surface area contributed by atoms with Crippen LogP contribution in [0.15, 0.2) is 0 Å². The predicted octanol–water partition coefficient (Wildman–Crippen LogP) is 1.37. The van der Waals surface area contributed by atoms with Crippen LogP contribution in [0.4, 0.5) is 5.95 Å². The largest absolute Gasteiger partial charge is 0.376 e. The van der Waals surface area contributed by atoms with Crippen LogP contribution in [0.2, 0.25) is 0 Å². The molecule has 1 saturated heterocycles. The number of aryl methyl sites for hydroxylation is 1. The topological polar surface area (TPSA) is 59.1 Å². The molecule has 2 aliphatic heterocycles. The van der Waals surface area contributed by atoms with E-state index in [1.54, 1.807) is 0 Å². The maximum absolute atomic E-state index is 5.82. The zero-order valence-corrected chi connectivity index (χ0v) is 12.0. The van der Waals surface area contributed by atoms with Crippen LogP contribution in [-0.2, 0) is 16.8 Å². The van der Waals surface area contributed by atoms with E-state index in [1.165, 1.54) is 24.1 Å². The van der Waals surface area contributed by atoms with Crippen LogP contribution in [0.5, 0.6) is 0 Å². The molecule has 5 heteroatoms. The summed E-state index contributed by atoms with van der Waals surface area (Å²) in [5, 5.41) is 6.88. The summed E-state index contributed by atoms with van der Waals surface area (Å²) in [4.78, 5) is 9.49. The molecule has 3 aliphatic rings. The summed E-state index contributed by atoms with van der Waals surface area (Å²) in [6.07, 6.45) is 3.80. The molecule has 1 spiro atoms. The van der Waals surface area contributed by atoms with Gasteiger partial charge in [-0.25, -0.2) is 9.97 Å². The minimum absolute atomic E-state index is 0.0668. The zero-order valence-electron chi connectivity index (χ0n) is 12.0. The molecule has 108 valence electrons. The molecule has 4 rings (SSSR count). The highest BCUT2D eigenvalue weighted by atomic mass is 16.5. The van der Waals surface area contributed by atoms with E-state index in [0.29, 0.717) is 6.61 Å². The SMILES string of the molecule is Cc1nc(NCC2CC2)nc2c1COC[C@@]21CCNC1. The first kappa shape index (κ1) is 12.5. The van der Waals surface area contributed by atoms with Gasteiger partial charge in [-0.1, -0.05) is 0 Å². The molecule has 0 unspecified atom stereocenters. The molecule has 2 N–H and O–H groups in total. The standard InChI is InChI=1S/C15H22N4O/c1-10-12-7-20-9-15(4-5-16-8-15)13(12)19-14(18-10)17-6-11-2-3-11/h11,16H,2-9H2,1H3,(H,17,18,19)/t15-/m0/s1. The van der Waals surface area contributed by atoms with Crippen LogP contribution in [0, 0.1) is 12.8 Å². The average Bonchev–Trinajstić information content (AvgIpc) is 3.17. The molecule has 0 radical (unpaired) electrons. The number of anilines is 1. The van der Waals surface area contributed by atoms with Gasteiger partial charge in [0.2, 0.25) is 5.95 Å². The molecule has 2 fully saturated rings. The van der Waals surface area contributed by atoms with Crippen molar-refractivity contribution in [1.29, 1.82) is 0 Å². The van der Waals surface area contributed by atoms with Crippen LogP contribution in [0.1, 0.15) is 36.2 Å². The highest BCUT2D eigenvalue weighted by Gasteiger charge is 2.42. The van der Waals surface area contributed by atoms with Gasteiger partial charge in [0.05, 0.1) is 24.3 Å². The van der Waals surface area contributed by atoms with Crippen molar-refractivity contribution < 1.29 is 4.74 Å². The van der Waals surface area contributed by atoms with Crippen LogP contribution in [-0.4, -0.2) is 36.2 Å². The number of rotatable bonds is 3. The summed E-state index contributed by atoms with van der Waals surface area (Å²) in [7, 11) is 0. The van der Waals surface area contributed by atoms with Crippen molar-refractivity contribution in [3.63, 3.8) is 0 Å². The number of fused-ring (bicyclic) bond motifs is 2. The van der Waals surface area contributed by atoms with E-state index in [2.05, 4.69) is 22.5 Å². The lowest BCUT2D eigenvalue weighted by Gasteiger charge is -2.34. The van der Waals surface area contributed by atoms with E-state index in [-0.39, 0.29) is 5.41 Å². The summed E-state index contributed by atoms with van der Waals surface area (Å²) in [5.74, 6) is 1.64. The molecule has 1 aromatic heterocycles. The number of nitrogens with zero attached hydrogens (tertiary/aromatic N) is 2. The third-order valence-corrected chi connectivity index (χ3v) is 4.83. The fourth-order valence-corrected chi connectivity index (χ4v) is 3.33. The van der Waals surface area contributed by atoms with Gasteiger partial charge in [-0.3, -0.25) is 0 Å². The maximum atomic E-state index is 5.82. The third kappa shape index (κ3) is 2.09. The fraction of sp³-hybridized carbons (Fsp3) is 0.733. The quantitative estimate of drug-likeness (QED) is 0.872. The predicted molar refractivity (Wildman–Crippen MR) is 76.8 cm³/mol. The number of aromatic nitrogens is 2. The van der Waals surface area contributed by atoms with Crippen molar-refractivity contribution >= 4 is 5.95 Å². The molecule has 0 amide bonds. The van der Waals surface area contributed by atoms with Crippen molar-refractivity contribution in [3.05, 3.63) is 17.0 Å². The Morgan fingerprint density at radius 3 is 3.05 bits per heavy atom. The molecule has 1 atom stereocenters. The minimum atomic E-state index is 0.0668. The monoisotopic (exact) mass is 274 g/mol. The van der Waals surface area contributed by atoms with Crippen molar-refractivity contribution in [2.45, 2.75) is 38.2 Å². The summed E-state index contributed by atoms with van der Waals surface area (Å²) < 4.78 is 5.82. The van der Waals surface area contributed by atoms with Gasteiger partial charge < -0.3 is 15.4 Å². The Balaban J connectivity index is 1.68. The van der Waals surface area contributed by atoms with Crippen molar-refractivity contribution in [2.75, 3.05) is 31.6 Å². The lowest BCUT2D eigenvalue weighted by Crippen LogP contribution is -2.40. The molecule has 1 aromatic rings. The van der Waals surface area contributed by atoms with E-state index in [4.69, 9.17) is 9.72 Å². The van der Waals surface area contributed by atoms with E-state index >= 15 is 0 Å². The van der Waals surface area contributed by atoms with Gasteiger partial charge in [-0.05, 0) is 38.6 Å². The number of ether oxygens (including phenoxy) is 1. The van der Waals surface area contributed by atoms with Crippen molar-refractivity contribution in [1.82, 2.24) is 15.3 Å². The van der Waals surface area contributed by atoms with Crippen LogP contribution < -0.4 is 10.6 Å². The molecule has 20 heavy (non-hydrogen) atoms. The van der Waals surface area contributed by atoms with Gasteiger partial charge in [0.1, 0.15) is 0 Å². The second-order valence-electron chi connectivity index (χ2n) is 6.48. The van der Waals surface area contributed by atoms with Gasteiger partial charge in [0.25, 0.3) is 0 Å². The first-order valence-corrected chi connectivity index (χ1v) is 7.67. The van der Waals surface area contributed by atoms with E-state index in [0.717, 1.165) is 50.2 Å². The first-order chi connectivity index (χ1) is 9.77. The van der Waals surface area contributed by atoms with Gasteiger partial charge in [0, 0.05) is 24.3 Å². The molecular formula is C15H22N4O. The Morgan fingerprint density at radius 2 is 2.30 bits per heavy atom. The molecule has 1 aliphatic carbocycles. The van der Waals surface area contributed by atoms with Gasteiger partial charge in [0.15, 0.2) is 0 Å². The Labute approximate surface area is 119 Å². The number of hydrogen-bond donors (Lipinski definition) is 2. The molecular weight excluding hydrogens is 252 g/mol. The van der Waals surface area contributed by atoms with Crippen molar-refractivity contribution in [2.24, 2.45) is 5.92 Å². The number of nitrogens with one attached hydrogen (secondary N) is 2. The van der Waals surface area contributed by atoms with Crippen LogP contribution in [0.25, 0.3) is 0 Å². The molecule has 0 bridgehead atoms. The fourth-order valence-electron chi connectivity index (χ4n) is 3.33. The molecule has 3 heterocycles. The smallest absolute Gasteiger partial charge is 0.223 e. The highest BCUT2D eigenvalue weighted by molar-refractivity contribution is 5.40. The Kier molecular flexibility index (Phi) is 2.93. The molecule has 5 nitrogen and oxygen atoms in total. The molecule has 0 aromatic carbocycles. The lowest BCUT2D eigenvalue weighted by atomic mass is 9.80. The normalized spacial score (nSPS) is 28.6. The minimum Gasteiger partial charge on any atom is -0.376 e. The maximum Gasteiger partial charge on any atom is 0.223 e. The summed E-state index contributed by atoms with van der Waals surface area (Å²) >= 11 is 0. The van der Waals surface area contributed by atoms with E-state index < -0.39 is 0 Å². The average molecular weight is 274 g/mol. The van der Waals surface area contributed by atoms with Gasteiger partial charge in [-0.2, -0.15) is 0 Å². The Hall–Kier alpha value is -1.20. The summed E-state index contributed by atoms with van der Waals surface area (Å²) in [5.41, 5.74) is 3.56.